The van der Waals surface area contributed by atoms with E-state index in [1.807, 2.05) is 26.2 Å². The summed E-state index contributed by atoms with van der Waals surface area (Å²) in [4.78, 5) is 16.5. The van der Waals surface area contributed by atoms with Crippen molar-refractivity contribution >= 4 is 22.3 Å². The molecule has 0 aliphatic rings. The van der Waals surface area contributed by atoms with Gasteiger partial charge in [-0.2, -0.15) is 0 Å². The van der Waals surface area contributed by atoms with Gasteiger partial charge in [-0.15, -0.1) is 11.3 Å². The molecule has 2 aromatic heterocycles. The van der Waals surface area contributed by atoms with E-state index < -0.39 is 5.97 Å². The fourth-order valence-corrected chi connectivity index (χ4v) is 2.98. The molecule has 0 saturated heterocycles. The molecule has 0 aliphatic carbocycles. The van der Waals surface area contributed by atoms with Gasteiger partial charge in [0.05, 0.1) is 11.6 Å². The fraction of sp³-hybridized carbons (Fsp3) is 0.500. The van der Waals surface area contributed by atoms with E-state index in [2.05, 4.69) is 9.38 Å². The Balaban J connectivity index is 2.43. The van der Waals surface area contributed by atoms with Crippen LogP contribution in [0.5, 0.6) is 0 Å². The molecule has 2 heterocycles. The topological polar surface area (TPSA) is 54.6 Å². The minimum atomic E-state index is -0.727. The van der Waals surface area contributed by atoms with E-state index in [1.54, 1.807) is 11.3 Å². The molecule has 0 bridgehead atoms. The quantitative estimate of drug-likeness (QED) is 0.910. The number of carboxylic acids is 1. The van der Waals surface area contributed by atoms with Crippen LogP contribution in [0, 0.1) is 19.8 Å². The lowest BCUT2D eigenvalue weighted by Crippen LogP contribution is -2.17. The second-order valence-corrected chi connectivity index (χ2v) is 5.12. The number of carbonyl (C=O) groups is 1. The van der Waals surface area contributed by atoms with Crippen molar-refractivity contribution in [3.63, 3.8) is 0 Å². The maximum absolute atomic E-state index is 11.1. The second-order valence-electron chi connectivity index (χ2n) is 4.29. The SMILES string of the molecule is CCC(Cc1c(C)nc2scc(C)n12)C(=O)O. The monoisotopic (exact) mass is 252 g/mol. The number of hydrogen-bond acceptors (Lipinski definition) is 3. The summed E-state index contributed by atoms with van der Waals surface area (Å²) in [5.74, 6) is -1.05. The number of aromatic nitrogens is 2. The zero-order chi connectivity index (χ0) is 12.6. The number of hydrogen-bond donors (Lipinski definition) is 1. The van der Waals surface area contributed by atoms with Crippen LogP contribution in [-0.4, -0.2) is 20.5 Å². The Hall–Kier alpha value is -1.36. The molecule has 0 radical (unpaired) electrons. The smallest absolute Gasteiger partial charge is 0.306 e. The lowest BCUT2D eigenvalue weighted by atomic mass is 10.00. The number of imidazole rings is 1. The zero-order valence-corrected chi connectivity index (χ0v) is 11.0. The summed E-state index contributed by atoms with van der Waals surface area (Å²) in [6.45, 7) is 5.88. The van der Waals surface area contributed by atoms with Gasteiger partial charge in [0.25, 0.3) is 0 Å². The molecule has 0 amide bonds. The minimum Gasteiger partial charge on any atom is -0.481 e. The normalized spacial score (nSPS) is 13.1. The van der Waals surface area contributed by atoms with Gasteiger partial charge in [-0.25, -0.2) is 4.98 Å². The third kappa shape index (κ3) is 2.07. The largest absolute Gasteiger partial charge is 0.481 e. The van der Waals surface area contributed by atoms with Gasteiger partial charge in [0.15, 0.2) is 4.96 Å². The Morgan fingerprint density at radius 3 is 2.88 bits per heavy atom. The Labute approximate surface area is 104 Å². The third-order valence-corrected chi connectivity index (χ3v) is 4.06. The highest BCUT2D eigenvalue weighted by Gasteiger charge is 2.20. The van der Waals surface area contributed by atoms with Crippen LogP contribution < -0.4 is 0 Å². The molecule has 0 saturated carbocycles. The number of nitrogens with zero attached hydrogens (tertiary/aromatic N) is 2. The molecular weight excluding hydrogens is 236 g/mol. The molecule has 1 N–H and O–H groups in total. The number of carboxylic acid groups (broad SMARTS) is 1. The van der Waals surface area contributed by atoms with E-state index in [4.69, 9.17) is 5.11 Å². The number of aliphatic carboxylic acids is 1. The fourth-order valence-electron chi connectivity index (χ4n) is 2.05. The van der Waals surface area contributed by atoms with E-state index in [0.717, 1.165) is 22.0 Å². The van der Waals surface area contributed by atoms with Gasteiger partial charge >= 0.3 is 5.97 Å². The Morgan fingerprint density at radius 1 is 1.59 bits per heavy atom. The first kappa shape index (κ1) is 12.1. The molecular formula is C12H16N2O2S. The van der Waals surface area contributed by atoms with Crippen LogP contribution in [0.15, 0.2) is 5.38 Å². The van der Waals surface area contributed by atoms with Crippen molar-refractivity contribution in [1.29, 1.82) is 0 Å². The maximum atomic E-state index is 11.1. The molecule has 1 atom stereocenters. The Morgan fingerprint density at radius 2 is 2.29 bits per heavy atom. The van der Waals surface area contributed by atoms with E-state index in [0.29, 0.717) is 12.8 Å². The zero-order valence-electron chi connectivity index (χ0n) is 10.2. The maximum Gasteiger partial charge on any atom is 0.306 e. The van der Waals surface area contributed by atoms with Crippen molar-refractivity contribution in [3.8, 4) is 0 Å². The highest BCUT2D eigenvalue weighted by atomic mass is 32.1. The third-order valence-electron chi connectivity index (χ3n) is 3.11. The highest BCUT2D eigenvalue weighted by Crippen LogP contribution is 2.23. The van der Waals surface area contributed by atoms with Crippen molar-refractivity contribution in [3.05, 3.63) is 22.5 Å². The lowest BCUT2D eigenvalue weighted by Gasteiger charge is -2.10. The van der Waals surface area contributed by atoms with Crippen molar-refractivity contribution in [2.45, 2.75) is 33.6 Å². The molecule has 0 fully saturated rings. The standard InChI is InChI=1S/C12H16N2O2S/c1-4-9(11(15)16)5-10-8(3)13-12-14(10)7(2)6-17-12/h6,9H,4-5H2,1-3H3,(H,15,16). The van der Waals surface area contributed by atoms with Crippen LogP contribution in [-0.2, 0) is 11.2 Å². The highest BCUT2D eigenvalue weighted by molar-refractivity contribution is 7.15. The summed E-state index contributed by atoms with van der Waals surface area (Å²) >= 11 is 1.60. The van der Waals surface area contributed by atoms with Crippen LogP contribution in [0.4, 0.5) is 0 Å². The van der Waals surface area contributed by atoms with Crippen LogP contribution in [0.25, 0.3) is 4.96 Å². The Kier molecular flexibility index (Phi) is 3.19. The van der Waals surface area contributed by atoms with Crippen LogP contribution >= 0.6 is 11.3 Å². The van der Waals surface area contributed by atoms with Gasteiger partial charge in [-0.1, -0.05) is 6.92 Å². The van der Waals surface area contributed by atoms with Gasteiger partial charge < -0.3 is 5.11 Å². The summed E-state index contributed by atoms with van der Waals surface area (Å²) < 4.78 is 2.08. The number of thiazole rings is 1. The Bertz CT molecular complexity index is 556. The van der Waals surface area contributed by atoms with Crippen molar-refractivity contribution < 1.29 is 9.90 Å². The van der Waals surface area contributed by atoms with E-state index in [1.165, 1.54) is 0 Å². The first-order chi connectivity index (χ1) is 8.04. The average molecular weight is 252 g/mol. The van der Waals surface area contributed by atoms with Crippen molar-refractivity contribution in [2.24, 2.45) is 5.92 Å². The summed E-state index contributed by atoms with van der Waals surface area (Å²) in [5.41, 5.74) is 3.11. The number of rotatable bonds is 4. The van der Waals surface area contributed by atoms with Crippen LogP contribution in [0.1, 0.15) is 30.4 Å². The molecule has 17 heavy (non-hydrogen) atoms. The van der Waals surface area contributed by atoms with Gasteiger partial charge in [-0.05, 0) is 20.3 Å². The average Bonchev–Trinajstić information content (AvgIpc) is 2.76. The number of aryl methyl sites for hydroxylation is 2. The molecule has 1 unspecified atom stereocenters. The van der Waals surface area contributed by atoms with Gasteiger partial charge in [0, 0.05) is 23.2 Å². The van der Waals surface area contributed by atoms with Crippen molar-refractivity contribution in [2.75, 3.05) is 0 Å². The number of fused-ring (bicyclic) bond motifs is 1. The second kappa shape index (κ2) is 4.49. The lowest BCUT2D eigenvalue weighted by molar-refractivity contribution is -0.141. The first-order valence-corrected chi connectivity index (χ1v) is 6.57. The summed E-state index contributed by atoms with van der Waals surface area (Å²) in [7, 11) is 0. The summed E-state index contributed by atoms with van der Waals surface area (Å²) in [6.07, 6.45) is 1.20. The van der Waals surface area contributed by atoms with E-state index >= 15 is 0 Å². The van der Waals surface area contributed by atoms with E-state index in [-0.39, 0.29) is 5.92 Å². The van der Waals surface area contributed by atoms with E-state index in [9.17, 15) is 4.79 Å². The van der Waals surface area contributed by atoms with Gasteiger partial charge in [-0.3, -0.25) is 9.20 Å². The molecule has 4 nitrogen and oxygen atoms in total. The van der Waals surface area contributed by atoms with Crippen LogP contribution in [0.2, 0.25) is 0 Å². The minimum absolute atomic E-state index is 0.326. The van der Waals surface area contributed by atoms with Gasteiger partial charge in [0.2, 0.25) is 0 Å². The molecule has 92 valence electrons. The van der Waals surface area contributed by atoms with Crippen LogP contribution in [0.3, 0.4) is 0 Å². The first-order valence-electron chi connectivity index (χ1n) is 5.69. The van der Waals surface area contributed by atoms with Crippen molar-refractivity contribution in [1.82, 2.24) is 9.38 Å². The summed E-state index contributed by atoms with van der Waals surface area (Å²) in [6, 6.07) is 0. The molecule has 0 aromatic carbocycles. The molecule has 0 spiro atoms. The predicted octanol–water partition coefficient (Wildman–Crippen LogP) is 2.67. The summed E-state index contributed by atoms with van der Waals surface area (Å²) in [5, 5.41) is 11.2. The molecule has 0 aliphatic heterocycles. The molecule has 5 heteroatoms. The predicted molar refractivity (Wildman–Crippen MR) is 67.7 cm³/mol. The molecule has 2 aromatic rings. The van der Waals surface area contributed by atoms with Gasteiger partial charge in [0.1, 0.15) is 0 Å². The molecule has 2 rings (SSSR count).